The SMILES string of the molecule is CCNC(=NCC(C)(C)N1CCOCC1)NCCCS(C)(=O)=O.I. The number of guanidine groups is 1. The van der Waals surface area contributed by atoms with Crippen LogP contribution in [0.5, 0.6) is 0 Å². The molecule has 0 saturated carbocycles. The van der Waals surface area contributed by atoms with Crippen LogP contribution in [0.25, 0.3) is 0 Å². The molecule has 0 atom stereocenters. The van der Waals surface area contributed by atoms with Crippen LogP contribution in [0.1, 0.15) is 27.2 Å². The first-order chi connectivity index (χ1) is 10.7. The third kappa shape index (κ3) is 10.00. The van der Waals surface area contributed by atoms with E-state index in [1.54, 1.807) is 0 Å². The van der Waals surface area contributed by atoms with Gasteiger partial charge in [0.05, 0.1) is 25.5 Å². The minimum absolute atomic E-state index is 0. The summed E-state index contributed by atoms with van der Waals surface area (Å²) in [5, 5.41) is 6.40. The molecule has 1 aliphatic rings. The number of morpholine rings is 1. The van der Waals surface area contributed by atoms with Crippen molar-refractivity contribution in [2.45, 2.75) is 32.7 Å². The van der Waals surface area contributed by atoms with Gasteiger partial charge < -0.3 is 15.4 Å². The zero-order valence-electron chi connectivity index (χ0n) is 15.3. The minimum atomic E-state index is -2.90. The molecule has 1 rings (SSSR count). The Balaban J connectivity index is 0.00000529. The van der Waals surface area contributed by atoms with Crippen molar-refractivity contribution in [2.75, 3.05) is 57.9 Å². The number of rotatable bonds is 8. The van der Waals surface area contributed by atoms with Crippen molar-refractivity contribution in [2.24, 2.45) is 4.99 Å². The highest BCUT2D eigenvalue weighted by Crippen LogP contribution is 2.16. The predicted octanol–water partition coefficient (Wildman–Crippen LogP) is 0.705. The maximum atomic E-state index is 11.1. The number of halogens is 1. The second kappa shape index (κ2) is 11.5. The van der Waals surface area contributed by atoms with E-state index in [2.05, 4.69) is 34.4 Å². The normalized spacial score (nSPS) is 17.2. The Morgan fingerprint density at radius 3 is 2.42 bits per heavy atom. The maximum Gasteiger partial charge on any atom is 0.191 e. The molecule has 0 aromatic carbocycles. The average Bonchev–Trinajstić information content (AvgIpc) is 2.49. The smallest absolute Gasteiger partial charge is 0.191 e. The summed E-state index contributed by atoms with van der Waals surface area (Å²) in [4.78, 5) is 7.05. The van der Waals surface area contributed by atoms with Crippen LogP contribution in [0.3, 0.4) is 0 Å². The van der Waals surface area contributed by atoms with E-state index in [-0.39, 0.29) is 35.3 Å². The lowest BCUT2D eigenvalue weighted by molar-refractivity contribution is -0.00683. The quantitative estimate of drug-likeness (QED) is 0.232. The van der Waals surface area contributed by atoms with Crippen molar-refractivity contribution in [1.29, 1.82) is 0 Å². The van der Waals surface area contributed by atoms with E-state index in [0.29, 0.717) is 19.5 Å². The van der Waals surface area contributed by atoms with Gasteiger partial charge in [-0.3, -0.25) is 9.89 Å². The minimum Gasteiger partial charge on any atom is -0.379 e. The molecule has 7 nitrogen and oxygen atoms in total. The van der Waals surface area contributed by atoms with Crippen molar-refractivity contribution in [3.63, 3.8) is 0 Å². The molecule has 144 valence electrons. The number of hydrogen-bond acceptors (Lipinski definition) is 5. The maximum absolute atomic E-state index is 11.1. The lowest BCUT2D eigenvalue weighted by Crippen LogP contribution is -2.52. The summed E-state index contributed by atoms with van der Waals surface area (Å²) < 4.78 is 27.7. The number of aliphatic imine (C=N–C) groups is 1. The van der Waals surface area contributed by atoms with E-state index in [0.717, 1.165) is 38.8 Å². The van der Waals surface area contributed by atoms with Crippen LogP contribution in [0.4, 0.5) is 0 Å². The lowest BCUT2D eigenvalue weighted by atomic mass is 10.0. The van der Waals surface area contributed by atoms with E-state index in [4.69, 9.17) is 4.74 Å². The van der Waals surface area contributed by atoms with Crippen LogP contribution in [0.15, 0.2) is 4.99 Å². The van der Waals surface area contributed by atoms with Crippen molar-refractivity contribution >= 4 is 39.8 Å². The monoisotopic (exact) mass is 476 g/mol. The molecule has 0 radical (unpaired) electrons. The highest BCUT2D eigenvalue weighted by atomic mass is 127. The molecule has 0 amide bonds. The van der Waals surface area contributed by atoms with Crippen molar-refractivity contribution in [3.8, 4) is 0 Å². The molecule has 2 N–H and O–H groups in total. The molecule has 0 bridgehead atoms. The van der Waals surface area contributed by atoms with E-state index in [1.165, 1.54) is 6.26 Å². The molecular formula is C15H33IN4O3S. The van der Waals surface area contributed by atoms with Gasteiger partial charge in [-0.2, -0.15) is 0 Å². The summed E-state index contributed by atoms with van der Waals surface area (Å²) in [6.07, 6.45) is 1.84. The Morgan fingerprint density at radius 2 is 1.88 bits per heavy atom. The van der Waals surface area contributed by atoms with Gasteiger partial charge in [0, 0.05) is 38.0 Å². The Bertz CT molecular complexity index is 477. The zero-order valence-corrected chi connectivity index (χ0v) is 18.4. The van der Waals surface area contributed by atoms with Gasteiger partial charge in [-0.1, -0.05) is 0 Å². The fourth-order valence-electron chi connectivity index (χ4n) is 2.42. The van der Waals surface area contributed by atoms with Gasteiger partial charge in [0.15, 0.2) is 5.96 Å². The van der Waals surface area contributed by atoms with Crippen LogP contribution in [-0.4, -0.2) is 82.8 Å². The third-order valence-electron chi connectivity index (χ3n) is 3.82. The number of ether oxygens (including phenoxy) is 1. The van der Waals surface area contributed by atoms with Crippen LogP contribution < -0.4 is 10.6 Å². The summed E-state index contributed by atoms with van der Waals surface area (Å²) in [6.45, 7) is 11.8. The van der Waals surface area contributed by atoms with Gasteiger partial charge >= 0.3 is 0 Å². The predicted molar refractivity (Wildman–Crippen MR) is 110 cm³/mol. The first kappa shape index (κ1) is 23.9. The standard InChI is InChI=1S/C15H32N4O3S.HI/c1-5-16-14(17-7-6-12-23(4,20)21)18-13-15(2,3)19-8-10-22-11-9-19;/h5-13H2,1-4H3,(H2,16,17,18);1H. The molecule has 1 saturated heterocycles. The number of nitrogens with one attached hydrogen (secondary N) is 2. The molecule has 0 spiro atoms. The van der Waals surface area contributed by atoms with Gasteiger partial charge in [-0.25, -0.2) is 8.42 Å². The van der Waals surface area contributed by atoms with Crippen molar-refractivity contribution < 1.29 is 13.2 Å². The Labute approximate surface area is 163 Å². The molecule has 0 aromatic rings. The Morgan fingerprint density at radius 1 is 1.25 bits per heavy atom. The van der Waals surface area contributed by atoms with Gasteiger partial charge in [0.25, 0.3) is 0 Å². The summed E-state index contributed by atoms with van der Waals surface area (Å²) in [6, 6.07) is 0. The summed E-state index contributed by atoms with van der Waals surface area (Å²) in [7, 11) is -2.90. The van der Waals surface area contributed by atoms with Crippen LogP contribution in [0.2, 0.25) is 0 Å². The average molecular weight is 476 g/mol. The second-order valence-electron chi connectivity index (χ2n) is 6.52. The van der Waals surface area contributed by atoms with Gasteiger partial charge in [0.2, 0.25) is 0 Å². The van der Waals surface area contributed by atoms with Gasteiger partial charge in [-0.15, -0.1) is 24.0 Å². The number of nitrogens with zero attached hydrogens (tertiary/aromatic N) is 2. The number of sulfone groups is 1. The highest BCUT2D eigenvalue weighted by molar-refractivity contribution is 14.0. The van der Waals surface area contributed by atoms with E-state index in [9.17, 15) is 8.42 Å². The van der Waals surface area contributed by atoms with Gasteiger partial charge in [0.1, 0.15) is 9.84 Å². The topological polar surface area (TPSA) is 83.0 Å². The molecule has 1 aliphatic heterocycles. The molecule has 1 heterocycles. The molecule has 1 fully saturated rings. The largest absolute Gasteiger partial charge is 0.379 e. The summed E-state index contributed by atoms with van der Waals surface area (Å²) >= 11 is 0. The van der Waals surface area contributed by atoms with E-state index >= 15 is 0 Å². The van der Waals surface area contributed by atoms with Gasteiger partial charge in [-0.05, 0) is 27.2 Å². The summed E-state index contributed by atoms with van der Waals surface area (Å²) in [5.41, 5.74) is -0.0289. The molecule has 24 heavy (non-hydrogen) atoms. The lowest BCUT2D eigenvalue weighted by Gasteiger charge is -2.39. The first-order valence-electron chi connectivity index (χ1n) is 8.27. The van der Waals surface area contributed by atoms with Crippen LogP contribution in [0, 0.1) is 0 Å². The fourth-order valence-corrected chi connectivity index (χ4v) is 3.09. The van der Waals surface area contributed by atoms with E-state index in [1.807, 2.05) is 6.92 Å². The van der Waals surface area contributed by atoms with E-state index < -0.39 is 9.84 Å². The Kier molecular flexibility index (Phi) is 11.4. The molecular weight excluding hydrogens is 443 g/mol. The fraction of sp³-hybridized carbons (Fsp3) is 0.933. The molecule has 9 heteroatoms. The Hall–Kier alpha value is -0.130. The molecule has 0 unspecified atom stereocenters. The molecule has 0 aliphatic carbocycles. The highest BCUT2D eigenvalue weighted by Gasteiger charge is 2.28. The van der Waals surface area contributed by atoms with Crippen molar-refractivity contribution in [1.82, 2.24) is 15.5 Å². The first-order valence-corrected chi connectivity index (χ1v) is 10.3. The molecule has 0 aromatic heterocycles. The summed E-state index contributed by atoms with van der Waals surface area (Å²) in [5.74, 6) is 0.931. The zero-order chi connectivity index (χ0) is 17.3. The van der Waals surface area contributed by atoms with Crippen LogP contribution in [-0.2, 0) is 14.6 Å². The van der Waals surface area contributed by atoms with Crippen LogP contribution >= 0.6 is 24.0 Å². The van der Waals surface area contributed by atoms with Crippen molar-refractivity contribution in [3.05, 3.63) is 0 Å². The number of hydrogen-bond donors (Lipinski definition) is 2. The third-order valence-corrected chi connectivity index (χ3v) is 4.85. The second-order valence-corrected chi connectivity index (χ2v) is 8.78.